The monoisotopic (exact) mass is 332 g/mol. The Hall–Kier alpha value is -2.54. The number of fused-ring (bicyclic) bond motifs is 1. The van der Waals surface area contributed by atoms with Crippen molar-refractivity contribution in [1.82, 2.24) is 10.3 Å². The number of carbonyl (C=O) groups excluding carboxylic acids is 1. The Kier molecular flexibility index (Phi) is 3.96. The summed E-state index contributed by atoms with van der Waals surface area (Å²) in [6.07, 6.45) is 1.99. The number of halogens is 1. The molecule has 1 aliphatic rings. The maximum Gasteiger partial charge on any atom is 0.337 e. The number of rotatable bonds is 5. The number of carboxylic acid groups (broad SMARTS) is 1. The molecule has 0 spiro atoms. The number of nitrogens with zero attached hydrogens (tertiary/aromatic N) is 1. The molecule has 6 nitrogen and oxygen atoms in total. The van der Waals surface area contributed by atoms with Gasteiger partial charge in [-0.15, -0.1) is 0 Å². The highest BCUT2D eigenvalue weighted by molar-refractivity contribution is 6.06. The first-order chi connectivity index (χ1) is 11.3. The first-order valence-corrected chi connectivity index (χ1v) is 7.62. The third kappa shape index (κ3) is 3.21. The van der Waals surface area contributed by atoms with Crippen molar-refractivity contribution in [3.8, 4) is 0 Å². The summed E-state index contributed by atoms with van der Waals surface area (Å²) < 4.78 is 13.6. The van der Waals surface area contributed by atoms with E-state index in [1.807, 2.05) is 0 Å². The van der Waals surface area contributed by atoms with Crippen LogP contribution in [-0.4, -0.2) is 39.2 Å². The lowest BCUT2D eigenvalue weighted by atomic mass is 10.0. The molecule has 0 saturated heterocycles. The molecule has 3 N–H and O–H groups in total. The molecule has 1 fully saturated rings. The van der Waals surface area contributed by atoms with Gasteiger partial charge in [0.2, 0.25) is 0 Å². The average molecular weight is 332 g/mol. The van der Waals surface area contributed by atoms with Crippen LogP contribution >= 0.6 is 0 Å². The second kappa shape index (κ2) is 5.83. The molecular formula is C17H17FN2O4. The predicted molar refractivity (Wildman–Crippen MR) is 84.3 cm³/mol. The molecule has 1 unspecified atom stereocenters. The van der Waals surface area contributed by atoms with Gasteiger partial charge in [0.15, 0.2) is 5.60 Å². The van der Waals surface area contributed by atoms with E-state index in [1.54, 1.807) is 6.07 Å². The van der Waals surface area contributed by atoms with Crippen LogP contribution in [0.15, 0.2) is 24.3 Å². The number of hydrogen-bond acceptors (Lipinski definition) is 4. The van der Waals surface area contributed by atoms with Gasteiger partial charge in [-0.3, -0.25) is 9.78 Å². The Morgan fingerprint density at radius 3 is 2.71 bits per heavy atom. The van der Waals surface area contributed by atoms with Crippen LogP contribution in [0.3, 0.4) is 0 Å². The maximum absolute atomic E-state index is 13.6. The highest BCUT2D eigenvalue weighted by Gasteiger charge is 2.31. The molecule has 1 saturated carbocycles. The summed E-state index contributed by atoms with van der Waals surface area (Å²) in [6, 6.07) is 5.64. The van der Waals surface area contributed by atoms with E-state index in [0.717, 1.165) is 25.5 Å². The van der Waals surface area contributed by atoms with Gasteiger partial charge in [-0.1, -0.05) is 0 Å². The van der Waals surface area contributed by atoms with Crippen LogP contribution in [0.1, 0.15) is 41.7 Å². The first-order valence-electron chi connectivity index (χ1n) is 7.62. The molecule has 0 radical (unpaired) electrons. The number of amides is 1. The van der Waals surface area contributed by atoms with Crippen LogP contribution in [0.5, 0.6) is 0 Å². The minimum absolute atomic E-state index is 0.225. The largest absolute Gasteiger partial charge is 0.479 e. The summed E-state index contributed by atoms with van der Waals surface area (Å²) in [5.74, 6) is -2.20. The fourth-order valence-corrected chi connectivity index (χ4v) is 2.42. The van der Waals surface area contributed by atoms with Crippen LogP contribution in [0.2, 0.25) is 0 Å². The second-order valence-corrected chi connectivity index (χ2v) is 6.29. The van der Waals surface area contributed by atoms with Crippen LogP contribution < -0.4 is 5.32 Å². The SMILES string of the molecule is CC(O)(CNC(=O)c1cc(C2CC2)nc2ccc(F)cc12)C(=O)O. The van der Waals surface area contributed by atoms with Gasteiger partial charge in [-0.25, -0.2) is 9.18 Å². The number of aromatic nitrogens is 1. The summed E-state index contributed by atoms with van der Waals surface area (Å²) in [7, 11) is 0. The summed E-state index contributed by atoms with van der Waals surface area (Å²) in [4.78, 5) is 27.9. The number of aliphatic hydroxyl groups is 1. The lowest BCUT2D eigenvalue weighted by Gasteiger charge is -2.18. The average Bonchev–Trinajstić information content (AvgIpc) is 3.36. The topological polar surface area (TPSA) is 99.5 Å². The number of aliphatic carboxylic acids is 1. The van der Waals surface area contributed by atoms with Gasteiger partial charge in [0.1, 0.15) is 5.82 Å². The van der Waals surface area contributed by atoms with Gasteiger partial charge in [0.05, 0.1) is 17.6 Å². The predicted octanol–water partition coefficient (Wildman–Crippen LogP) is 1.82. The number of carbonyl (C=O) groups is 2. The zero-order valence-electron chi connectivity index (χ0n) is 13.0. The van der Waals surface area contributed by atoms with Gasteiger partial charge >= 0.3 is 5.97 Å². The van der Waals surface area contributed by atoms with Gasteiger partial charge in [0.25, 0.3) is 5.91 Å². The van der Waals surface area contributed by atoms with Crippen molar-refractivity contribution in [2.45, 2.75) is 31.3 Å². The Morgan fingerprint density at radius 2 is 2.08 bits per heavy atom. The molecule has 1 aliphatic carbocycles. The molecular weight excluding hydrogens is 315 g/mol. The highest BCUT2D eigenvalue weighted by Crippen LogP contribution is 2.40. The smallest absolute Gasteiger partial charge is 0.337 e. The van der Waals surface area contributed by atoms with Crippen molar-refractivity contribution < 1.29 is 24.2 Å². The standard InChI is InChI=1S/C17H17FN2O4/c1-17(24,16(22)23)8-19-15(21)12-7-14(9-2-3-9)20-13-5-4-10(18)6-11(12)13/h4-7,9,24H,2-3,8H2,1H3,(H,19,21)(H,22,23). The lowest BCUT2D eigenvalue weighted by Crippen LogP contribution is -2.46. The minimum atomic E-state index is -2.08. The molecule has 0 bridgehead atoms. The molecule has 126 valence electrons. The van der Waals surface area contributed by atoms with E-state index in [2.05, 4.69) is 10.3 Å². The van der Waals surface area contributed by atoms with E-state index >= 15 is 0 Å². The summed E-state index contributed by atoms with van der Waals surface area (Å²) in [5.41, 5.74) is -0.578. The molecule has 1 aromatic carbocycles. The minimum Gasteiger partial charge on any atom is -0.479 e. The number of pyridine rings is 1. The third-order valence-electron chi connectivity index (χ3n) is 4.08. The van der Waals surface area contributed by atoms with E-state index in [4.69, 9.17) is 5.11 Å². The van der Waals surface area contributed by atoms with E-state index in [1.165, 1.54) is 18.2 Å². The Labute approximate surface area is 137 Å². The van der Waals surface area contributed by atoms with Crippen molar-refractivity contribution in [3.05, 3.63) is 41.3 Å². The molecule has 7 heteroatoms. The zero-order valence-corrected chi connectivity index (χ0v) is 13.0. The Morgan fingerprint density at radius 1 is 1.38 bits per heavy atom. The van der Waals surface area contributed by atoms with Crippen LogP contribution in [0.25, 0.3) is 10.9 Å². The van der Waals surface area contributed by atoms with Gasteiger partial charge in [0, 0.05) is 17.0 Å². The summed E-state index contributed by atoms with van der Waals surface area (Å²) in [6.45, 7) is 0.634. The van der Waals surface area contributed by atoms with Crippen molar-refractivity contribution in [2.75, 3.05) is 6.54 Å². The van der Waals surface area contributed by atoms with Gasteiger partial charge in [-0.2, -0.15) is 0 Å². The molecule has 3 rings (SSSR count). The Balaban J connectivity index is 1.96. The molecule has 0 aliphatic heterocycles. The highest BCUT2D eigenvalue weighted by atomic mass is 19.1. The molecule has 1 heterocycles. The summed E-state index contributed by atoms with van der Waals surface area (Å²) in [5, 5.41) is 21.4. The van der Waals surface area contributed by atoms with Crippen LogP contribution in [0.4, 0.5) is 4.39 Å². The quantitative estimate of drug-likeness (QED) is 0.775. The molecule has 24 heavy (non-hydrogen) atoms. The van der Waals surface area contributed by atoms with Gasteiger partial charge in [-0.05, 0) is 44.0 Å². The number of nitrogens with one attached hydrogen (secondary N) is 1. The van der Waals surface area contributed by atoms with E-state index in [-0.39, 0.29) is 5.56 Å². The van der Waals surface area contributed by atoms with Crippen molar-refractivity contribution in [2.24, 2.45) is 0 Å². The summed E-state index contributed by atoms with van der Waals surface area (Å²) >= 11 is 0. The van der Waals surface area contributed by atoms with Crippen LogP contribution in [-0.2, 0) is 4.79 Å². The molecule has 2 aromatic rings. The Bertz CT molecular complexity index is 831. The molecule has 1 amide bonds. The number of carboxylic acids is 1. The number of benzene rings is 1. The van der Waals surface area contributed by atoms with Crippen molar-refractivity contribution in [3.63, 3.8) is 0 Å². The van der Waals surface area contributed by atoms with E-state index in [9.17, 15) is 19.1 Å². The third-order valence-corrected chi connectivity index (χ3v) is 4.08. The van der Waals surface area contributed by atoms with Crippen molar-refractivity contribution in [1.29, 1.82) is 0 Å². The fraction of sp³-hybridized carbons (Fsp3) is 0.353. The number of hydrogen-bond donors (Lipinski definition) is 3. The first kappa shape index (κ1) is 16.3. The van der Waals surface area contributed by atoms with E-state index < -0.39 is 29.8 Å². The zero-order chi connectivity index (χ0) is 17.5. The fourth-order valence-electron chi connectivity index (χ4n) is 2.42. The van der Waals surface area contributed by atoms with Crippen molar-refractivity contribution >= 4 is 22.8 Å². The van der Waals surface area contributed by atoms with Crippen LogP contribution in [0, 0.1) is 5.82 Å². The second-order valence-electron chi connectivity index (χ2n) is 6.29. The normalized spacial score (nSPS) is 16.6. The maximum atomic E-state index is 13.6. The van der Waals surface area contributed by atoms with Gasteiger partial charge < -0.3 is 15.5 Å². The lowest BCUT2D eigenvalue weighted by molar-refractivity contribution is -0.155. The molecule has 1 aromatic heterocycles. The molecule has 1 atom stereocenters. The van der Waals surface area contributed by atoms with E-state index in [0.29, 0.717) is 16.8 Å².